The zero-order valence-corrected chi connectivity index (χ0v) is 16.9. The van der Waals surface area contributed by atoms with Crippen LogP contribution in [0.2, 0.25) is 0 Å². The van der Waals surface area contributed by atoms with Crippen molar-refractivity contribution in [2.45, 2.75) is 27.2 Å². The lowest BCUT2D eigenvalue weighted by molar-refractivity contribution is -0.137. The van der Waals surface area contributed by atoms with E-state index in [9.17, 15) is 9.59 Å². The maximum Gasteiger partial charge on any atom is 0.305 e. The normalized spacial score (nSPS) is 11.3. The van der Waals surface area contributed by atoms with Crippen molar-refractivity contribution >= 4 is 23.6 Å². The fraction of sp³-hybridized carbons (Fsp3) is 0.261. The molecule has 29 heavy (non-hydrogen) atoms. The first-order valence-electron chi connectivity index (χ1n) is 9.63. The summed E-state index contributed by atoms with van der Waals surface area (Å²) < 4.78 is 1.96. The summed E-state index contributed by atoms with van der Waals surface area (Å²) in [5.41, 5.74) is 5.67. The van der Waals surface area contributed by atoms with Gasteiger partial charge in [-0.3, -0.25) is 14.0 Å². The minimum Gasteiger partial charge on any atom is -0.481 e. The van der Waals surface area contributed by atoms with Gasteiger partial charge in [-0.1, -0.05) is 29.8 Å². The molecule has 0 unspecified atom stereocenters. The molecule has 0 aliphatic rings. The molecule has 0 spiro atoms. The Kier molecular flexibility index (Phi) is 6.12. The molecule has 1 aromatic carbocycles. The van der Waals surface area contributed by atoms with Crippen LogP contribution in [0, 0.1) is 13.8 Å². The monoisotopic (exact) mass is 391 g/mol. The minimum absolute atomic E-state index is 0.0725. The van der Waals surface area contributed by atoms with Crippen LogP contribution in [0.3, 0.4) is 0 Å². The summed E-state index contributed by atoms with van der Waals surface area (Å²) in [4.78, 5) is 29.7. The van der Waals surface area contributed by atoms with E-state index in [1.165, 1.54) is 11.0 Å². The second-order valence-corrected chi connectivity index (χ2v) is 7.04. The van der Waals surface area contributed by atoms with Crippen LogP contribution in [-0.2, 0) is 9.59 Å². The number of carbonyl (C=O) groups is 2. The predicted molar refractivity (Wildman–Crippen MR) is 114 cm³/mol. The van der Waals surface area contributed by atoms with Crippen LogP contribution in [-0.4, -0.2) is 44.4 Å². The van der Waals surface area contributed by atoms with E-state index in [0.717, 1.165) is 33.7 Å². The molecule has 2 heterocycles. The van der Waals surface area contributed by atoms with E-state index in [-0.39, 0.29) is 18.9 Å². The van der Waals surface area contributed by atoms with Crippen LogP contribution < -0.4 is 0 Å². The highest BCUT2D eigenvalue weighted by Crippen LogP contribution is 2.26. The first-order chi connectivity index (χ1) is 13.9. The number of carboxylic acid groups (broad SMARTS) is 1. The number of imidazole rings is 1. The summed E-state index contributed by atoms with van der Waals surface area (Å²) in [6.07, 6.45) is 5.13. The maximum atomic E-state index is 12.6. The number of carboxylic acids is 1. The SMILES string of the molecule is CCN(CCC(=O)O)C(=O)/C=C/c1c(-c2ccc(C)cc2)nc2cc(C)ccn12. The van der Waals surface area contributed by atoms with E-state index in [2.05, 4.69) is 0 Å². The Morgan fingerprint density at radius 1 is 1.14 bits per heavy atom. The number of carbonyl (C=O) groups excluding carboxylic acids is 1. The van der Waals surface area contributed by atoms with E-state index in [4.69, 9.17) is 10.1 Å². The van der Waals surface area contributed by atoms with Gasteiger partial charge in [0.05, 0.1) is 17.8 Å². The number of fused-ring (bicyclic) bond motifs is 1. The average molecular weight is 391 g/mol. The van der Waals surface area contributed by atoms with E-state index in [0.29, 0.717) is 6.54 Å². The van der Waals surface area contributed by atoms with E-state index < -0.39 is 5.97 Å². The highest BCUT2D eigenvalue weighted by atomic mass is 16.4. The lowest BCUT2D eigenvalue weighted by atomic mass is 10.1. The van der Waals surface area contributed by atoms with Gasteiger partial charge >= 0.3 is 5.97 Å². The minimum atomic E-state index is -0.918. The summed E-state index contributed by atoms with van der Waals surface area (Å²) in [6, 6.07) is 12.1. The Morgan fingerprint density at radius 2 is 1.86 bits per heavy atom. The van der Waals surface area contributed by atoms with E-state index in [1.807, 2.05) is 67.8 Å². The molecule has 0 fully saturated rings. The molecule has 0 bridgehead atoms. The van der Waals surface area contributed by atoms with Gasteiger partial charge in [0.1, 0.15) is 5.65 Å². The topological polar surface area (TPSA) is 74.9 Å². The molecular formula is C23H25N3O3. The second-order valence-electron chi connectivity index (χ2n) is 7.04. The van der Waals surface area contributed by atoms with E-state index in [1.54, 1.807) is 6.08 Å². The summed E-state index contributed by atoms with van der Waals surface area (Å²) in [6.45, 7) is 6.52. The molecule has 0 saturated carbocycles. The zero-order valence-electron chi connectivity index (χ0n) is 16.9. The van der Waals surface area contributed by atoms with Gasteiger partial charge in [0.15, 0.2) is 0 Å². The van der Waals surface area contributed by atoms with Gasteiger partial charge in [-0.2, -0.15) is 0 Å². The molecule has 6 nitrogen and oxygen atoms in total. The van der Waals surface area contributed by atoms with Gasteiger partial charge in [-0.25, -0.2) is 4.98 Å². The largest absolute Gasteiger partial charge is 0.481 e. The summed E-state index contributed by atoms with van der Waals surface area (Å²) in [5, 5.41) is 8.87. The van der Waals surface area contributed by atoms with Crippen LogP contribution in [0.5, 0.6) is 0 Å². The molecule has 3 rings (SSSR count). The molecule has 1 amide bonds. The Balaban J connectivity index is 1.99. The van der Waals surface area contributed by atoms with Gasteiger partial charge in [-0.05, 0) is 44.5 Å². The molecule has 3 aromatic rings. The number of pyridine rings is 1. The summed E-state index contributed by atoms with van der Waals surface area (Å²) >= 11 is 0. The number of nitrogens with zero attached hydrogens (tertiary/aromatic N) is 3. The van der Waals surface area contributed by atoms with Crippen LogP contribution in [0.4, 0.5) is 0 Å². The first kappa shape index (κ1) is 20.3. The van der Waals surface area contributed by atoms with Crippen molar-refractivity contribution in [3.05, 3.63) is 65.5 Å². The Morgan fingerprint density at radius 3 is 2.52 bits per heavy atom. The van der Waals surface area contributed by atoms with Gasteiger partial charge in [0, 0.05) is 30.9 Å². The highest BCUT2D eigenvalue weighted by Gasteiger charge is 2.14. The molecule has 2 aromatic heterocycles. The second kappa shape index (κ2) is 8.73. The number of likely N-dealkylation sites (N-methyl/N-ethyl adjacent to an activating group) is 1. The van der Waals surface area contributed by atoms with Crippen LogP contribution in [0.1, 0.15) is 30.2 Å². The quantitative estimate of drug-likeness (QED) is 0.619. The Bertz CT molecular complexity index is 1060. The molecule has 0 saturated heterocycles. The van der Waals surface area contributed by atoms with Crippen molar-refractivity contribution < 1.29 is 14.7 Å². The molecule has 1 N–H and O–H groups in total. The van der Waals surface area contributed by atoms with Crippen molar-refractivity contribution in [1.82, 2.24) is 14.3 Å². The number of amides is 1. The van der Waals surface area contributed by atoms with Crippen molar-refractivity contribution in [3.63, 3.8) is 0 Å². The van der Waals surface area contributed by atoms with Gasteiger partial charge in [-0.15, -0.1) is 0 Å². The molecule has 0 radical (unpaired) electrons. The number of hydrogen-bond donors (Lipinski definition) is 1. The third-order valence-electron chi connectivity index (χ3n) is 4.82. The lowest BCUT2D eigenvalue weighted by Gasteiger charge is -2.17. The maximum absolute atomic E-state index is 12.6. The molecular weight excluding hydrogens is 366 g/mol. The third kappa shape index (κ3) is 4.71. The van der Waals surface area contributed by atoms with Crippen LogP contribution in [0.25, 0.3) is 23.0 Å². The van der Waals surface area contributed by atoms with Crippen molar-refractivity contribution in [3.8, 4) is 11.3 Å². The zero-order chi connectivity index (χ0) is 21.0. The number of aromatic nitrogens is 2. The fourth-order valence-electron chi connectivity index (χ4n) is 3.16. The standard InChI is InChI=1S/C23H25N3O3/c1-4-25(13-12-22(28)29)21(27)10-9-19-23(18-7-5-16(2)6-8-18)24-20-15-17(3)11-14-26(19)20/h5-11,14-15H,4,12-13H2,1-3H3,(H,28,29)/b10-9+. The molecule has 0 aliphatic heterocycles. The Hall–Kier alpha value is -3.41. The number of rotatable bonds is 7. The molecule has 0 atom stereocenters. The number of aryl methyl sites for hydroxylation is 2. The number of aliphatic carboxylic acids is 1. The van der Waals surface area contributed by atoms with Crippen molar-refractivity contribution in [2.75, 3.05) is 13.1 Å². The smallest absolute Gasteiger partial charge is 0.305 e. The van der Waals surface area contributed by atoms with Gasteiger partial charge in [0.2, 0.25) is 5.91 Å². The fourth-order valence-corrected chi connectivity index (χ4v) is 3.16. The third-order valence-corrected chi connectivity index (χ3v) is 4.82. The Labute approximate surface area is 170 Å². The van der Waals surface area contributed by atoms with Crippen molar-refractivity contribution in [1.29, 1.82) is 0 Å². The van der Waals surface area contributed by atoms with Gasteiger partial charge in [0.25, 0.3) is 0 Å². The first-order valence-corrected chi connectivity index (χ1v) is 9.63. The van der Waals surface area contributed by atoms with Gasteiger partial charge < -0.3 is 10.0 Å². The summed E-state index contributed by atoms with van der Waals surface area (Å²) in [5.74, 6) is -1.13. The van der Waals surface area contributed by atoms with E-state index >= 15 is 0 Å². The molecule has 150 valence electrons. The molecule has 6 heteroatoms. The predicted octanol–water partition coefficient (Wildman–Crippen LogP) is 3.95. The highest BCUT2D eigenvalue weighted by molar-refractivity contribution is 5.93. The number of benzene rings is 1. The summed E-state index contributed by atoms with van der Waals surface area (Å²) in [7, 11) is 0. The van der Waals surface area contributed by atoms with Crippen LogP contribution in [0.15, 0.2) is 48.7 Å². The lowest BCUT2D eigenvalue weighted by Crippen LogP contribution is -2.31. The van der Waals surface area contributed by atoms with Crippen molar-refractivity contribution in [2.24, 2.45) is 0 Å². The number of hydrogen-bond acceptors (Lipinski definition) is 3. The van der Waals surface area contributed by atoms with Crippen LogP contribution >= 0.6 is 0 Å². The average Bonchev–Trinajstić information content (AvgIpc) is 3.04. The molecule has 0 aliphatic carbocycles.